The van der Waals surface area contributed by atoms with Gasteiger partial charge >= 0.3 is 0 Å². The van der Waals surface area contributed by atoms with Crippen LogP contribution in [0.3, 0.4) is 0 Å². The maximum absolute atomic E-state index is 13.9. The highest BCUT2D eigenvalue weighted by atomic mass is 35.5. The van der Waals surface area contributed by atoms with Crippen molar-refractivity contribution in [2.75, 3.05) is 17.4 Å². The van der Waals surface area contributed by atoms with Gasteiger partial charge in [-0.1, -0.05) is 78.2 Å². The van der Waals surface area contributed by atoms with Crippen LogP contribution >= 0.6 is 23.2 Å². The van der Waals surface area contributed by atoms with Crippen molar-refractivity contribution in [3.8, 4) is 0 Å². The summed E-state index contributed by atoms with van der Waals surface area (Å²) in [4.78, 5) is 28.1. The number of nitrogens with zero attached hydrogens (tertiary/aromatic N) is 2. The first-order valence-electron chi connectivity index (χ1n) is 12.2. The zero-order valence-electron chi connectivity index (χ0n) is 21.5. The number of para-hydroxylation sites is 1. The Balaban J connectivity index is 2.04. The molecule has 7 nitrogen and oxygen atoms in total. The number of benzene rings is 3. The second-order valence-corrected chi connectivity index (χ2v) is 11.5. The Bertz CT molecular complexity index is 1380. The summed E-state index contributed by atoms with van der Waals surface area (Å²) >= 11 is 12.8. The predicted molar refractivity (Wildman–Crippen MR) is 152 cm³/mol. The molecule has 0 fully saturated rings. The van der Waals surface area contributed by atoms with Crippen LogP contribution in [-0.4, -0.2) is 44.3 Å². The highest BCUT2D eigenvalue weighted by molar-refractivity contribution is 7.92. The Morgan fingerprint density at radius 1 is 0.921 bits per heavy atom. The van der Waals surface area contributed by atoms with E-state index >= 15 is 0 Å². The van der Waals surface area contributed by atoms with Crippen molar-refractivity contribution in [3.05, 3.63) is 94.0 Å². The van der Waals surface area contributed by atoms with Crippen LogP contribution in [0.2, 0.25) is 10.0 Å². The van der Waals surface area contributed by atoms with Gasteiger partial charge in [0.25, 0.3) is 10.0 Å². The van der Waals surface area contributed by atoms with Crippen LogP contribution in [0.4, 0.5) is 5.69 Å². The summed E-state index contributed by atoms with van der Waals surface area (Å²) in [6, 6.07) is 18.9. The third-order valence-corrected chi connectivity index (χ3v) is 8.49. The maximum Gasteiger partial charge on any atom is 0.264 e. The van der Waals surface area contributed by atoms with Crippen LogP contribution in [-0.2, 0) is 26.2 Å². The number of hydrogen-bond acceptors (Lipinski definition) is 4. The van der Waals surface area contributed by atoms with Gasteiger partial charge in [-0.2, -0.15) is 0 Å². The van der Waals surface area contributed by atoms with E-state index in [2.05, 4.69) is 5.32 Å². The molecule has 0 aliphatic carbocycles. The fourth-order valence-electron chi connectivity index (χ4n) is 3.79. The first-order valence-corrected chi connectivity index (χ1v) is 14.4. The normalized spacial score (nSPS) is 12.0. The minimum Gasteiger partial charge on any atom is -0.354 e. The van der Waals surface area contributed by atoms with Gasteiger partial charge in [0.15, 0.2) is 0 Å². The topological polar surface area (TPSA) is 86.8 Å². The Hall–Kier alpha value is -3.07. The lowest BCUT2D eigenvalue weighted by Gasteiger charge is -2.32. The van der Waals surface area contributed by atoms with E-state index in [1.54, 1.807) is 61.5 Å². The van der Waals surface area contributed by atoms with Crippen LogP contribution in [0.5, 0.6) is 0 Å². The van der Waals surface area contributed by atoms with E-state index in [-0.39, 0.29) is 28.1 Å². The first kappa shape index (κ1) is 29.5. The van der Waals surface area contributed by atoms with E-state index < -0.39 is 28.5 Å². The van der Waals surface area contributed by atoms with E-state index in [4.69, 9.17) is 23.2 Å². The number of amides is 2. The molecule has 0 aromatic heterocycles. The summed E-state index contributed by atoms with van der Waals surface area (Å²) in [6.07, 6.45) is 0.728. The smallest absolute Gasteiger partial charge is 0.264 e. The van der Waals surface area contributed by atoms with E-state index in [0.717, 1.165) is 16.3 Å². The van der Waals surface area contributed by atoms with Gasteiger partial charge in [-0.15, -0.1) is 0 Å². The second-order valence-electron chi connectivity index (χ2n) is 8.86. The van der Waals surface area contributed by atoms with Crippen molar-refractivity contribution < 1.29 is 18.0 Å². The standard InChI is InChI=1S/C28H31Cl2N3O4S/c1-4-17-31-28(35)21(3)32(18-22-9-5-6-10-24(22)29)27(34)19-33(26-12-8-7-11-25(26)30)38(36,37)23-15-13-20(2)14-16-23/h5-16,21H,4,17-19H2,1-3H3,(H,31,35)/t21-/m0/s1. The zero-order valence-corrected chi connectivity index (χ0v) is 23.9. The number of hydrogen-bond donors (Lipinski definition) is 1. The van der Waals surface area contributed by atoms with E-state index in [1.165, 1.54) is 23.1 Å². The van der Waals surface area contributed by atoms with Gasteiger partial charge < -0.3 is 10.2 Å². The Kier molecular flexibility index (Phi) is 10.2. The van der Waals surface area contributed by atoms with E-state index in [9.17, 15) is 18.0 Å². The van der Waals surface area contributed by atoms with Crippen molar-refractivity contribution in [1.29, 1.82) is 0 Å². The Labute approximate surface area is 234 Å². The molecule has 1 N–H and O–H groups in total. The molecule has 38 heavy (non-hydrogen) atoms. The van der Waals surface area contributed by atoms with Crippen LogP contribution in [0, 0.1) is 6.92 Å². The van der Waals surface area contributed by atoms with Gasteiger partial charge in [0.2, 0.25) is 11.8 Å². The summed E-state index contributed by atoms with van der Waals surface area (Å²) in [5.41, 5.74) is 1.68. The fraction of sp³-hybridized carbons (Fsp3) is 0.286. The number of carbonyl (C=O) groups is 2. The highest BCUT2D eigenvalue weighted by Gasteiger charge is 2.33. The largest absolute Gasteiger partial charge is 0.354 e. The molecule has 3 aromatic rings. The lowest BCUT2D eigenvalue weighted by atomic mass is 10.1. The Morgan fingerprint density at radius 2 is 1.53 bits per heavy atom. The number of nitrogens with one attached hydrogen (secondary N) is 1. The van der Waals surface area contributed by atoms with Crippen LogP contribution < -0.4 is 9.62 Å². The molecule has 2 amide bonds. The average molecular weight is 577 g/mol. The molecule has 3 rings (SSSR count). The zero-order chi connectivity index (χ0) is 27.9. The monoisotopic (exact) mass is 575 g/mol. The molecule has 0 heterocycles. The third kappa shape index (κ3) is 7.07. The summed E-state index contributed by atoms with van der Waals surface area (Å²) in [5.74, 6) is -0.933. The molecule has 0 bridgehead atoms. The molecule has 1 atom stereocenters. The van der Waals surface area contributed by atoms with Crippen molar-refractivity contribution in [2.24, 2.45) is 0 Å². The molecule has 0 spiro atoms. The predicted octanol–water partition coefficient (Wildman–Crippen LogP) is 5.44. The minimum absolute atomic E-state index is 0.0140. The van der Waals surface area contributed by atoms with Crippen molar-refractivity contribution >= 4 is 50.7 Å². The molecule has 3 aromatic carbocycles. The van der Waals surface area contributed by atoms with Gasteiger partial charge in [-0.3, -0.25) is 13.9 Å². The van der Waals surface area contributed by atoms with Crippen molar-refractivity contribution in [3.63, 3.8) is 0 Å². The van der Waals surface area contributed by atoms with Crippen LogP contribution in [0.25, 0.3) is 0 Å². The minimum atomic E-state index is -4.19. The summed E-state index contributed by atoms with van der Waals surface area (Å²) in [6.45, 7) is 5.27. The van der Waals surface area contributed by atoms with Crippen LogP contribution in [0.15, 0.2) is 77.7 Å². The number of anilines is 1. The van der Waals surface area contributed by atoms with Crippen LogP contribution in [0.1, 0.15) is 31.4 Å². The molecule has 0 saturated heterocycles. The average Bonchev–Trinajstić information content (AvgIpc) is 2.90. The maximum atomic E-state index is 13.9. The number of carbonyl (C=O) groups excluding carboxylic acids is 2. The molecule has 10 heteroatoms. The molecular weight excluding hydrogens is 545 g/mol. The Morgan fingerprint density at radius 3 is 2.13 bits per heavy atom. The molecule has 0 radical (unpaired) electrons. The summed E-state index contributed by atoms with van der Waals surface area (Å²) in [7, 11) is -4.19. The van der Waals surface area contributed by atoms with E-state index in [1.807, 2.05) is 13.8 Å². The second kappa shape index (κ2) is 13.1. The van der Waals surface area contributed by atoms with E-state index in [0.29, 0.717) is 17.1 Å². The molecule has 0 saturated carbocycles. The SMILES string of the molecule is CCCNC(=O)[C@H](C)N(Cc1ccccc1Cl)C(=O)CN(c1ccccc1Cl)S(=O)(=O)c1ccc(C)cc1. The quantitative estimate of drug-likeness (QED) is 0.330. The molecule has 0 aliphatic heterocycles. The summed E-state index contributed by atoms with van der Waals surface area (Å²) in [5, 5.41) is 3.41. The highest BCUT2D eigenvalue weighted by Crippen LogP contribution is 2.31. The van der Waals surface area contributed by atoms with Gasteiger partial charge in [0.1, 0.15) is 12.6 Å². The first-order chi connectivity index (χ1) is 18.1. The van der Waals surface area contributed by atoms with Crippen molar-refractivity contribution in [1.82, 2.24) is 10.2 Å². The third-order valence-electron chi connectivity index (χ3n) is 6.02. The lowest BCUT2D eigenvalue weighted by Crippen LogP contribution is -2.51. The number of rotatable bonds is 11. The van der Waals surface area contributed by atoms with Gasteiger partial charge in [0.05, 0.1) is 15.6 Å². The number of sulfonamides is 1. The molecule has 0 unspecified atom stereocenters. The van der Waals surface area contributed by atoms with Gasteiger partial charge in [-0.25, -0.2) is 8.42 Å². The fourth-order valence-corrected chi connectivity index (χ4v) is 5.71. The van der Waals surface area contributed by atoms with Gasteiger partial charge in [-0.05, 0) is 56.2 Å². The summed E-state index contributed by atoms with van der Waals surface area (Å²) < 4.78 is 28.6. The van der Waals surface area contributed by atoms with Gasteiger partial charge in [0, 0.05) is 18.1 Å². The molecule has 0 aliphatic rings. The lowest BCUT2D eigenvalue weighted by molar-refractivity contribution is -0.139. The molecule has 202 valence electrons. The number of aryl methyl sites for hydroxylation is 1. The van der Waals surface area contributed by atoms with Crippen molar-refractivity contribution in [2.45, 2.75) is 44.7 Å². The molecular formula is C28H31Cl2N3O4S. The number of halogens is 2.